The number of likely N-dealkylation sites (N-methyl/N-ethyl adjacent to an activating group) is 1. The Labute approximate surface area is 151 Å². The van der Waals surface area contributed by atoms with E-state index in [1.165, 1.54) is 12.1 Å². The molecule has 0 aromatic heterocycles. The molecule has 2 N–H and O–H groups in total. The molecule has 0 aliphatic rings. The van der Waals surface area contributed by atoms with Crippen molar-refractivity contribution in [1.29, 1.82) is 0 Å². The zero-order valence-corrected chi connectivity index (χ0v) is 14.9. The van der Waals surface area contributed by atoms with Crippen molar-refractivity contribution in [2.45, 2.75) is 32.0 Å². The van der Waals surface area contributed by atoms with Gasteiger partial charge in [-0.25, -0.2) is 0 Å². The Kier molecular flexibility index (Phi) is 6.80. The van der Waals surface area contributed by atoms with Crippen LogP contribution in [0.1, 0.15) is 24.5 Å². The van der Waals surface area contributed by atoms with Gasteiger partial charge in [0, 0.05) is 6.54 Å². The van der Waals surface area contributed by atoms with Gasteiger partial charge < -0.3 is 10.6 Å². The highest BCUT2D eigenvalue weighted by molar-refractivity contribution is 5.81. The van der Waals surface area contributed by atoms with Crippen molar-refractivity contribution in [2.75, 3.05) is 13.6 Å². The van der Waals surface area contributed by atoms with Crippen LogP contribution in [0, 0.1) is 0 Å². The molecule has 2 aromatic rings. The second-order valence-corrected chi connectivity index (χ2v) is 6.06. The SMILES string of the molecule is CC[C@H](NC)C(=O)NCCc1ccc(-c2ccc(C(F)(F)F)cc2)cc1. The largest absolute Gasteiger partial charge is 0.416 e. The van der Waals surface area contributed by atoms with Gasteiger partial charge in [0.2, 0.25) is 5.91 Å². The van der Waals surface area contributed by atoms with E-state index in [0.29, 0.717) is 13.0 Å². The van der Waals surface area contributed by atoms with Crippen LogP contribution in [-0.2, 0) is 17.4 Å². The lowest BCUT2D eigenvalue weighted by atomic mass is 10.0. The van der Waals surface area contributed by atoms with Crippen LogP contribution in [0.4, 0.5) is 13.2 Å². The number of amides is 1. The number of carbonyl (C=O) groups is 1. The van der Waals surface area contributed by atoms with Crippen molar-refractivity contribution >= 4 is 5.91 Å². The van der Waals surface area contributed by atoms with Gasteiger partial charge in [0.25, 0.3) is 0 Å². The van der Waals surface area contributed by atoms with Crippen LogP contribution in [0.3, 0.4) is 0 Å². The molecule has 1 atom stereocenters. The van der Waals surface area contributed by atoms with E-state index in [1.807, 2.05) is 31.2 Å². The number of carbonyl (C=O) groups excluding carboxylic acids is 1. The Morgan fingerprint density at radius 1 is 1.00 bits per heavy atom. The van der Waals surface area contributed by atoms with Crippen LogP contribution < -0.4 is 10.6 Å². The van der Waals surface area contributed by atoms with Gasteiger partial charge in [0.05, 0.1) is 11.6 Å². The van der Waals surface area contributed by atoms with Gasteiger partial charge in [0.1, 0.15) is 0 Å². The second kappa shape index (κ2) is 8.85. The average molecular weight is 364 g/mol. The molecular formula is C20H23F3N2O. The minimum atomic E-state index is -4.32. The summed E-state index contributed by atoms with van der Waals surface area (Å²) < 4.78 is 37.8. The first-order valence-electron chi connectivity index (χ1n) is 8.56. The fraction of sp³-hybridized carbons (Fsp3) is 0.350. The Morgan fingerprint density at radius 2 is 1.54 bits per heavy atom. The predicted octanol–water partition coefficient (Wildman–Crippen LogP) is 4.03. The summed E-state index contributed by atoms with van der Waals surface area (Å²) in [7, 11) is 1.76. The molecule has 0 saturated carbocycles. The van der Waals surface area contributed by atoms with Crippen molar-refractivity contribution in [2.24, 2.45) is 0 Å². The number of halogens is 3. The monoisotopic (exact) mass is 364 g/mol. The molecule has 2 rings (SSSR count). The molecule has 140 valence electrons. The topological polar surface area (TPSA) is 41.1 Å². The average Bonchev–Trinajstić information content (AvgIpc) is 2.63. The number of hydrogen-bond acceptors (Lipinski definition) is 2. The van der Waals surface area contributed by atoms with Gasteiger partial charge in [-0.1, -0.05) is 43.3 Å². The maximum Gasteiger partial charge on any atom is 0.416 e. The molecule has 0 bridgehead atoms. The van der Waals surface area contributed by atoms with Crippen molar-refractivity contribution in [3.63, 3.8) is 0 Å². The van der Waals surface area contributed by atoms with E-state index < -0.39 is 11.7 Å². The zero-order valence-electron chi connectivity index (χ0n) is 14.9. The molecule has 0 aliphatic carbocycles. The summed E-state index contributed by atoms with van der Waals surface area (Å²) in [4.78, 5) is 11.9. The summed E-state index contributed by atoms with van der Waals surface area (Å²) in [5, 5.41) is 5.85. The summed E-state index contributed by atoms with van der Waals surface area (Å²) >= 11 is 0. The third-order valence-corrected chi connectivity index (χ3v) is 4.29. The molecule has 26 heavy (non-hydrogen) atoms. The van der Waals surface area contributed by atoms with Gasteiger partial charge in [-0.15, -0.1) is 0 Å². The summed E-state index contributed by atoms with van der Waals surface area (Å²) in [6, 6.07) is 12.5. The third kappa shape index (κ3) is 5.33. The summed E-state index contributed by atoms with van der Waals surface area (Å²) in [5.74, 6) is -0.0172. The van der Waals surface area contributed by atoms with Crippen LogP contribution in [-0.4, -0.2) is 25.5 Å². The maximum atomic E-state index is 12.6. The van der Waals surface area contributed by atoms with Crippen LogP contribution in [0.15, 0.2) is 48.5 Å². The molecule has 0 spiro atoms. The number of benzene rings is 2. The zero-order chi connectivity index (χ0) is 19.2. The van der Waals surface area contributed by atoms with Crippen LogP contribution in [0.2, 0.25) is 0 Å². The predicted molar refractivity (Wildman–Crippen MR) is 96.7 cm³/mol. The lowest BCUT2D eigenvalue weighted by Crippen LogP contribution is -2.42. The molecule has 2 aromatic carbocycles. The van der Waals surface area contributed by atoms with E-state index in [4.69, 9.17) is 0 Å². The lowest BCUT2D eigenvalue weighted by molar-refractivity contribution is -0.137. The molecule has 0 unspecified atom stereocenters. The lowest BCUT2D eigenvalue weighted by Gasteiger charge is -2.14. The van der Waals surface area contributed by atoms with E-state index in [9.17, 15) is 18.0 Å². The smallest absolute Gasteiger partial charge is 0.354 e. The molecule has 0 radical (unpaired) electrons. The molecule has 0 aliphatic heterocycles. The van der Waals surface area contributed by atoms with E-state index >= 15 is 0 Å². The Balaban J connectivity index is 1.93. The minimum Gasteiger partial charge on any atom is -0.354 e. The highest BCUT2D eigenvalue weighted by Crippen LogP contribution is 2.31. The Morgan fingerprint density at radius 3 is 2.00 bits per heavy atom. The molecule has 3 nitrogen and oxygen atoms in total. The van der Waals surface area contributed by atoms with Crippen molar-refractivity contribution in [1.82, 2.24) is 10.6 Å². The van der Waals surface area contributed by atoms with Gasteiger partial charge in [-0.3, -0.25) is 4.79 Å². The van der Waals surface area contributed by atoms with Gasteiger partial charge in [-0.2, -0.15) is 13.2 Å². The number of rotatable bonds is 7. The van der Waals surface area contributed by atoms with E-state index in [0.717, 1.165) is 35.2 Å². The van der Waals surface area contributed by atoms with Crippen LogP contribution >= 0.6 is 0 Å². The van der Waals surface area contributed by atoms with Crippen molar-refractivity contribution in [3.8, 4) is 11.1 Å². The number of nitrogens with one attached hydrogen (secondary N) is 2. The normalized spacial score (nSPS) is 12.7. The van der Waals surface area contributed by atoms with Crippen molar-refractivity contribution < 1.29 is 18.0 Å². The first-order chi connectivity index (χ1) is 12.3. The summed E-state index contributed by atoms with van der Waals surface area (Å²) in [6.07, 6.45) is -2.90. The first-order valence-corrected chi connectivity index (χ1v) is 8.56. The number of hydrogen-bond donors (Lipinski definition) is 2. The molecule has 1 amide bonds. The Bertz CT molecular complexity index is 705. The summed E-state index contributed by atoms with van der Waals surface area (Å²) in [5.41, 5.74) is 1.99. The molecule has 6 heteroatoms. The molecule has 0 fully saturated rings. The van der Waals surface area contributed by atoms with Crippen molar-refractivity contribution in [3.05, 3.63) is 59.7 Å². The summed E-state index contributed by atoms with van der Waals surface area (Å²) in [6.45, 7) is 2.48. The standard InChI is InChI=1S/C20H23F3N2O/c1-3-18(24-2)19(26)25-13-12-14-4-6-15(7-5-14)16-8-10-17(11-9-16)20(21,22)23/h4-11,18,24H,3,12-13H2,1-2H3,(H,25,26)/t18-/m0/s1. The minimum absolute atomic E-state index is 0.0172. The van der Waals surface area contributed by atoms with Crippen LogP contribution in [0.5, 0.6) is 0 Å². The fourth-order valence-corrected chi connectivity index (χ4v) is 2.69. The van der Waals surface area contributed by atoms with Crippen LogP contribution in [0.25, 0.3) is 11.1 Å². The first kappa shape index (κ1) is 20.0. The van der Waals surface area contributed by atoms with E-state index in [-0.39, 0.29) is 11.9 Å². The fourth-order valence-electron chi connectivity index (χ4n) is 2.69. The highest BCUT2D eigenvalue weighted by atomic mass is 19.4. The van der Waals surface area contributed by atoms with Gasteiger partial charge in [0.15, 0.2) is 0 Å². The quantitative estimate of drug-likeness (QED) is 0.779. The molecule has 0 heterocycles. The van der Waals surface area contributed by atoms with Gasteiger partial charge >= 0.3 is 6.18 Å². The molecule has 0 saturated heterocycles. The van der Waals surface area contributed by atoms with E-state index in [2.05, 4.69) is 10.6 Å². The third-order valence-electron chi connectivity index (χ3n) is 4.29. The highest BCUT2D eigenvalue weighted by Gasteiger charge is 2.29. The van der Waals surface area contributed by atoms with Gasteiger partial charge in [-0.05, 0) is 48.7 Å². The second-order valence-electron chi connectivity index (χ2n) is 6.06. The Hall–Kier alpha value is -2.34. The molecular weight excluding hydrogens is 341 g/mol. The number of alkyl halides is 3. The van der Waals surface area contributed by atoms with E-state index in [1.54, 1.807) is 7.05 Å². The maximum absolute atomic E-state index is 12.6.